The second-order valence-corrected chi connectivity index (χ2v) is 18.5. The summed E-state index contributed by atoms with van der Waals surface area (Å²) in [5.41, 5.74) is 0. The lowest BCUT2D eigenvalue weighted by atomic mass is 10.5. The van der Waals surface area contributed by atoms with E-state index in [4.69, 9.17) is 39.8 Å². The second kappa shape index (κ2) is 26.5. The van der Waals surface area contributed by atoms with Crippen molar-refractivity contribution in [3.63, 3.8) is 0 Å². The first-order chi connectivity index (χ1) is 23.3. The van der Waals surface area contributed by atoms with E-state index in [1.165, 1.54) is 0 Å². The molecule has 0 bridgehead atoms. The maximum atomic E-state index is 6.01. The molecule has 1 rings (SSSR count). The fourth-order valence-corrected chi connectivity index (χ4v) is 13.0. The van der Waals surface area contributed by atoms with Gasteiger partial charge in [0.1, 0.15) is 0 Å². The summed E-state index contributed by atoms with van der Waals surface area (Å²) in [6, 6.07) is 2.06. The van der Waals surface area contributed by atoms with Crippen LogP contribution in [-0.2, 0) is 39.8 Å². The molecule has 0 saturated carbocycles. The highest BCUT2D eigenvalue weighted by molar-refractivity contribution is 6.61. The van der Waals surface area contributed by atoms with E-state index in [-0.39, 0.29) is 0 Å². The van der Waals surface area contributed by atoms with E-state index in [0.29, 0.717) is 115 Å². The van der Waals surface area contributed by atoms with Crippen molar-refractivity contribution in [3.05, 3.63) is 0 Å². The van der Waals surface area contributed by atoms with Crippen molar-refractivity contribution < 1.29 is 39.8 Å². The van der Waals surface area contributed by atoms with E-state index in [2.05, 4.69) is 30.9 Å². The Balaban J connectivity index is 3.02. The maximum Gasteiger partial charge on any atom is 0.500 e. The zero-order chi connectivity index (χ0) is 35.6. The van der Waals surface area contributed by atoms with Gasteiger partial charge in [-0.3, -0.25) is 0 Å². The summed E-state index contributed by atoms with van der Waals surface area (Å²) in [6.45, 7) is 24.4. The Morgan fingerprint density at radius 1 is 0.354 bits per heavy atom. The van der Waals surface area contributed by atoms with Gasteiger partial charge in [0.05, 0.1) is 0 Å². The van der Waals surface area contributed by atoms with E-state index in [0.717, 1.165) is 19.3 Å². The quantitative estimate of drug-likeness (QED) is 0.0620. The molecule has 0 unspecified atom stereocenters. The zero-order valence-corrected chi connectivity index (χ0v) is 34.2. The van der Waals surface area contributed by atoms with Crippen LogP contribution < -0.4 is 16.0 Å². The molecule has 0 aliphatic rings. The molecule has 282 valence electrons. The Kier molecular flexibility index (Phi) is 24.7. The summed E-state index contributed by atoms with van der Waals surface area (Å²) in [5, 5.41) is 10.1. The standard InChI is InChI=1S/C30H66N6O9Si3/c1-10-37-46(38-11-2,39-12-3)25-19-22-31-28-34-29(32-23-20-26-47(40-13-4,41-14-5)42-15-6)36-30(35-28)33-24-21-27-48(43-16-7,44-17-8)45-18-9/h10-27H2,1-9H3,(H3,31,32,33,34,35,36). The highest BCUT2D eigenvalue weighted by Crippen LogP contribution is 2.21. The van der Waals surface area contributed by atoms with Crippen LogP contribution in [0.3, 0.4) is 0 Å². The van der Waals surface area contributed by atoms with Crippen LogP contribution in [0.4, 0.5) is 17.8 Å². The molecule has 1 aromatic heterocycles. The predicted octanol–water partition coefficient (Wildman–Crippen LogP) is 5.42. The van der Waals surface area contributed by atoms with Crippen molar-refractivity contribution in [2.75, 3.05) is 95.0 Å². The summed E-state index contributed by atoms with van der Waals surface area (Å²) in [7, 11) is -8.22. The van der Waals surface area contributed by atoms with Crippen LogP contribution >= 0.6 is 0 Å². The van der Waals surface area contributed by atoms with Gasteiger partial charge in [-0.05, 0) is 81.6 Å². The molecule has 0 aliphatic carbocycles. The Morgan fingerprint density at radius 3 is 0.708 bits per heavy atom. The van der Waals surface area contributed by atoms with E-state index in [9.17, 15) is 0 Å². The van der Waals surface area contributed by atoms with E-state index < -0.39 is 26.4 Å². The van der Waals surface area contributed by atoms with Crippen LogP contribution in [0.1, 0.15) is 81.6 Å². The van der Waals surface area contributed by atoms with Crippen LogP contribution in [0, 0.1) is 0 Å². The van der Waals surface area contributed by atoms with Crippen LogP contribution in [0.25, 0.3) is 0 Å². The van der Waals surface area contributed by atoms with Gasteiger partial charge in [-0.1, -0.05) is 0 Å². The minimum atomic E-state index is -2.74. The maximum absolute atomic E-state index is 6.01. The average Bonchev–Trinajstić information content (AvgIpc) is 3.05. The van der Waals surface area contributed by atoms with Gasteiger partial charge >= 0.3 is 26.4 Å². The molecule has 0 spiro atoms. The minimum Gasteiger partial charge on any atom is -0.374 e. The summed E-state index contributed by atoms with van der Waals surface area (Å²) < 4.78 is 54.1. The number of rotatable bonds is 33. The number of nitrogens with one attached hydrogen (secondary N) is 3. The van der Waals surface area contributed by atoms with E-state index in [1.54, 1.807) is 0 Å². The molecule has 0 fully saturated rings. The third kappa shape index (κ3) is 17.1. The monoisotopic (exact) mass is 738 g/mol. The third-order valence-electron chi connectivity index (χ3n) is 6.74. The summed E-state index contributed by atoms with van der Waals surface area (Å²) in [4.78, 5) is 14.0. The van der Waals surface area contributed by atoms with Crippen molar-refractivity contribution >= 4 is 44.3 Å². The lowest BCUT2D eigenvalue weighted by Crippen LogP contribution is -2.46. The van der Waals surface area contributed by atoms with Crippen molar-refractivity contribution in [1.82, 2.24) is 15.0 Å². The molecule has 0 atom stereocenters. The normalized spacial score (nSPS) is 12.4. The molecule has 0 aromatic carbocycles. The molecule has 48 heavy (non-hydrogen) atoms. The molecule has 0 saturated heterocycles. The Labute approximate surface area is 293 Å². The summed E-state index contributed by atoms with van der Waals surface area (Å²) >= 11 is 0. The van der Waals surface area contributed by atoms with Gasteiger partial charge in [0.25, 0.3) is 0 Å². The van der Waals surface area contributed by atoms with Crippen molar-refractivity contribution in [2.24, 2.45) is 0 Å². The second-order valence-electron chi connectivity index (χ2n) is 10.3. The number of nitrogens with zero attached hydrogens (tertiary/aromatic N) is 3. The highest BCUT2D eigenvalue weighted by Gasteiger charge is 2.41. The average molecular weight is 739 g/mol. The van der Waals surface area contributed by atoms with Crippen LogP contribution in [0.2, 0.25) is 18.1 Å². The molecule has 1 heterocycles. The van der Waals surface area contributed by atoms with Crippen molar-refractivity contribution in [3.8, 4) is 0 Å². The lowest BCUT2D eigenvalue weighted by molar-refractivity contribution is 0.0702. The number of hydrogen-bond donors (Lipinski definition) is 3. The first-order valence-corrected chi connectivity index (χ1v) is 23.8. The fraction of sp³-hybridized carbons (Fsp3) is 0.900. The smallest absolute Gasteiger partial charge is 0.374 e. The first kappa shape index (κ1) is 44.7. The van der Waals surface area contributed by atoms with Gasteiger partial charge in [0, 0.05) is 97.2 Å². The Hall–Kier alpha value is -1.30. The minimum absolute atomic E-state index is 0.467. The molecule has 0 amide bonds. The highest BCUT2D eigenvalue weighted by atomic mass is 28.4. The van der Waals surface area contributed by atoms with Crippen LogP contribution in [-0.4, -0.2) is 120 Å². The Bertz CT molecular complexity index is 770. The molecule has 1 aromatic rings. The number of hydrogen-bond acceptors (Lipinski definition) is 15. The van der Waals surface area contributed by atoms with Gasteiger partial charge in [0.2, 0.25) is 17.8 Å². The Morgan fingerprint density at radius 2 is 0.542 bits per heavy atom. The van der Waals surface area contributed by atoms with Gasteiger partial charge < -0.3 is 55.8 Å². The lowest BCUT2D eigenvalue weighted by Gasteiger charge is -2.28. The molecule has 0 aliphatic heterocycles. The number of aromatic nitrogens is 3. The molecular formula is C30H66N6O9Si3. The molecular weight excluding hydrogens is 673 g/mol. The number of anilines is 3. The zero-order valence-electron chi connectivity index (χ0n) is 31.2. The van der Waals surface area contributed by atoms with Gasteiger partial charge in [-0.25, -0.2) is 0 Å². The van der Waals surface area contributed by atoms with Gasteiger partial charge in [-0.2, -0.15) is 15.0 Å². The molecule has 18 heteroatoms. The first-order valence-electron chi connectivity index (χ1n) is 18.0. The van der Waals surface area contributed by atoms with Gasteiger partial charge in [0.15, 0.2) is 0 Å². The van der Waals surface area contributed by atoms with E-state index >= 15 is 0 Å². The largest absolute Gasteiger partial charge is 0.500 e. The van der Waals surface area contributed by atoms with E-state index in [1.807, 2.05) is 62.3 Å². The van der Waals surface area contributed by atoms with Crippen LogP contribution in [0.15, 0.2) is 0 Å². The van der Waals surface area contributed by atoms with Crippen molar-refractivity contribution in [2.45, 2.75) is 99.7 Å². The molecule has 15 nitrogen and oxygen atoms in total. The topological polar surface area (TPSA) is 158 Å². The fourth-order valence-electron chi connectivity index (χ4n) is 5.13. The summed E-state index contributed by atoms with van der Waals surface area (Å²) in [5.74, 6) is 1.40. The van der Waals surface area contributed by atoms with Crippen LogP contribution in [0.5, 0.6) is 0 Å². The van der Waals surface area contributed by atoms with Crippen molar-refractivity contribution in [1.29, 1.82) is 0 Å². The molecule has 3 N–H and O–H groups in total. The predicted molar refractivity (Wildman–Crippen MR) is 195 cm³/mol. The third-order valence-corrected chi connectivity index (χ3v) is 16.2. The SMILES string of the molecule is CCO[Si](CCCNc1nc(NCCC[Si](OCC)(OCC)OCC)nc(NCCC[Si](OCC)(OCC)OCC)n1)(OCC)OCC. The van der Waals surface area contributed by atoms with Gasteiger partial charge in [-0.15, -0.1) is 0 Å². The summed E-state index contributed by atoms with van der Waals surface area (Å²) in [6.07, 6.45) is 2.30. The molecule has 0 radical (unpaired) electrons.